The summed E-state index contributed by atoms with van der Waals surface area (Å²) in [7, 11) is 0. The summed E-state index contributed by atoms with van der Waals surface area (Å²) in [5.74, 6) is 0. The number of anilines is 2. The van der Waals surface area contributed by atoms with E-state index in [0.29, 0.717) is 23.4 Å². The molecular formula is C37H38N2O. The van der Waals surface area contributed by atoms with Crippen LogP contribution in [0.5, 0.6) is 0 Å². The van der Waals surface area contributed by atoms with E-state index < -0.39 is 5.60 Å². The molecule has 0 radical (unpaired) electrons. The lowest BCUT2D eigenvalue weighted by Crippen LogP contribution is -2.32. The fraction of sp³-hybridized carbons (Fsp3) is 0.189. The smallest absolute Gasteiger partial charge is 0.142 e. The Balaban J connectivity index is 1.82. The van der Waals surface area contributed by atoms with Gasteiger partial charge in [-0.15, -0.1) is 0 Å². The minimum atomic E-state index is -1.51. The Labute approximate surface area is 238 Å². The van der Waals surface area contributed by atoms with Crippen molar-refractivity contribution in [1.82, 2.24) is 0 Å². The van der Waals surface area contributed by atoms with E-state index in [9.17, 15) is 5.11 Å². The highest BCUT2D eigenvalue weighted by Crippen LogP contribution is 2.45. The molecule has 3 nitrogen and oxygen atoms in total. The summed E-state index contributed by atoms with van der Waals surface area (Å²) >= 11 is 0. The van der Waals surface area contributed by atoms with Crippen molar-refractivity contribution in [2.24, 2.45) is 0 Å². The minimum absolute atomic E-state index is 0.444. The first-order valence-corrected chi connectivity index (χ1v) is 14.1. The van der Waals surface area contributed by atoms with Gasteiger partial charge in [0.1, 0.15) is 5.60 Å². The van der Waals surface area contributed by atoms with E-state index in [4.69, 9.17) is 11.5 Å². The van der Waals surface area contributed by atoms with Gasteiger partial charge >= 0.3 is 0 Å². The Morgan fingerprint density at radius 1 is 0.550 bits per heavy atom. The average molecular weight is 527 g/mol. The number of nitrogens with two attached hydrogens (primary N) is 2. The van der Waals surface area contributed by atoms with Crippen molar-refractivity contribution in [3.63, 3.8) is 0 Å². The van der Waals surface area contributed by atoms with Crippen LogP contribution in [0, 0.1) is 0 Å². The molecule has 0 spiro atoms. The highest BCUT2D eigenvalue weighted by atomic mass is 16.3. The number of rotatable bonds is 9. The van der Waals surface area contributed by atoms with Crippen LogP contribution in [-0.2, 0) is 31.3 Å². The third-order valence-corrected chi connectivity index (χ3v) is 8.05. The molecule has 0 aliphatic heterocycles. The second-order valence-electron chi connectivity index (χ2n) is 10.4. The third-order valence-electron chi connectivity index (χ3n) is 8.05. The minimum Gasteiger partial charge on any atom is -0.397 e. The predicted molar refractivity (Wildman–Crippen MR) is 168 cm³/mol. The number of aliphatic hydroxyl groups is 1. The Morgan fingerprint density at radius 2 is 1.12 bits per heavy atom. The van der Waals surface area contributed by atoms with Crippen LogP contribution in [0.25, 0.3) is 0 Å². The zero-order valence-electron chi connectivity index (χ0n) is 23.4. The molecule has 0 aliphatic rings. The van der Waals surface area contributed by atoms with Gasteiger partial charge in [-0.1, -0.05) is 123 Å². The molecule has 5 aromatic rings. The molecule has 0 heterocycles. The standard InChI is InChI=1S/C37H38N2O/c1-3-28-25-34(36(39)35(38)31(28)4-2)37(40,30-20-12-7-13-21-30)33-22-14-19-29(23-26-15-8-5-9-16-26)32(33)24-27-17-10-6-11-18-27/h5-22,25,40H,3-4,23-24,38-39H2,1-2H3. The molecule has 0 saturated heterocycles. The van der Waals surface area contributed by atoms with Crippen molar-refractivity contribution in [3.05, 3.63) is 165 Å². The van der Waals surface area contributed by atoms with Crippen molar-refractivity contribution < 1.29 is 5.11 Å². The number of hydrogen-bond donors (Lipinski definition) is 3. The summed E-state index contributed by atoms with van der Waals surface area (Å²) in [4.78, 5) is 0. The zero-order valence-corrected chi connectivity index (χ0v) is 23.4. The molecular weight excluding hydrogens is 488 g/mol. The van der Waals surface area contributed by atoms with Crippen LogP contribution in [0.4, 0.5) is 11.4 Å². The van der Waals surface area contributed by atoms with Crippen molar-refractivity contribution in [3.8, 4) is 0 Å². The second kappa shape index (κ2) is 11.8. The summed E-state index contributed by atoms with van der Waals surface area (Å²) < 4.78 is 0. The Bertz CT molecular complexity index is 1580. The molecule has 40 heavy (non-hydrogen) atoms. The average Bonchev–Trinajstić information content (AvgIpc) is 3.00. The summed E-state index contributed by atoms with van der Waals surface area (Å²) in [6.07, 6.45) is 3.03. The molecule has 0 bridgehead atoms. The van der Waals surface area contributed by atoms with Crippen LogP contribution in [-0.4, -0.2) is 5.11 Å². The van der Waals surface area contributed by atoms with E-state index in [1.165, 1.54) is 16.7 Å². The van der Waals surface area contributed by atoms with E-state index in [0.717, 1.165) is 47.1 Å². The Kier molecular flexibility index (Phi) is 8.04. The van der Waals surface area contributed by atoms with Gasteiger partial charge in [-0.25, -0.2) is 0 Å². The summed E-state index contributed by atoms with van der Waals surface area (Å²) in [6.45, 7) is 4.22. The van der Waals surface area contributed by atoms with Gasteiger partial charge in [-0.2, -0.15) is 0 Å². The molecule has 0 aromatic heterocycles. The maximum absolute atomic E-state index is 13.1. The number of nitrogen functional groups attached to an aromatic ring is 2. The van der Waals surface area contributed by atoms with Crippen LogP contribution in [0.3, 0.4) is 0 Å². The highest BCUT2D eigenvalue weighted by molar-refractivity contribution is 5.77. The van der Waals surface area contributed by atoms with E-state index in [2.05, 4.69) is 86.6 Å². The fourth-order valence-electron chi connectivity index (χ4n) is 5.95. The van der Waals surface area contributed by atoms with Gasteiger partial charge in [-0.05, 0) is 76.3 Å². The van der Waals surface area contributed by atoms with E-state index in [-0.39, 0.29) is 0 Å². The van der Waals surface area contributed by atoms with Gasteiger partial charge in [0, 0.05) is 5.56 Å². The molecule has 0 saturated carbocycles. The Hall–Kier alpha value is -4.34. The molecule has 202 valence electrons. The van der Waals surface area contributed by atoms with Crippen molar-refractivity contribution in [2.45, 2.75) is 45.1 Å². The zero-order chi connectivity index (χ0) is 28.1. The lowest BCUT2D eigenvalue weighted by Gasteiger charge is -2.35. The molecule has 0 fully saturated rings. The van der Waals surface area contributed by atoms with E-state index in [1.54, 1.807) is 0 Å². The van der Waals surface area contributed by atoms with Crippen LogP contribution < -0.4 is 11.5 Å². The van der Waals surface area contributed by atoms with Crippen LogP contribution in [0.2, 0.25) is 0 Å². The molecule has 1 unspecified atom stereocenters. The van der Waals surface area contributed by atoms with Crippen LogP contribution in [0.15, 0.2) is 115 Å². The summed E-state index contributed by atoms with van der Waals surface area (Å²) in [5.41, 5.74) is 22.1. The molecule has 5 N–H and O–H groups in total. The van der Waals surface area contributed by atoms with E-state index in [1.807, 2.05) is 42.5 Å². The van der Waals surface area contributed by atoms with Crippen LogP contribution >= 0.6 is 0 Å². The van der Waals surface area contributed by atoms with Crippen LogP contribution in [0.1, 0.15) is 63.9 Å². The predicted octanol–water partition coefficient (Wildman–Crippen LogP) is 7.44. The molecule has 5 aromatic carbocycles. The highest BCUT2D eigenvalue weighted by Gasteiger charge is 2.39. The maximum Gasteiger partial charge on any atom is 0.142 e. The lowest BCUT2D eigenvalue weighted by atomic mass is 9.74. The van der Waals surface area contributed by atoms with Crippen molar-refractivity contribution >= 4 is 11.4 Å². The first-order chi connectivity index (χ1) is 19.5. The lowest BCUT2D eigenvalue weighted by molar-refractivity contribution is 0.125. The SMILES string of the molecule is CCc1cc(C(O)(c2ccccc2)c2cccc(Cc3ccccc3)c2Cc2ccccc2)c(N)c(N)c1CC. The van der Waals surface area contributed by atoms with Gasteiger partial charge in [0.25, 0.3) is 0 Å². The molecule has 3 heteroatoms. The second-order valence-corrected chi connectivity index (χ2v) is 10.4. The summed E-state index contributed by atoms with van der Waals surface area (Å²) in [6, 6.07) is 39.1. The van der Waals surface area contributed by atoms with Crippen molar-refractivity contribution in [2.75, 3.05) is 11.5 Å². The number of benzene rings is 5. The monoisotopic (exact) mass is 526 g/mol. The summed E-state index contributed by atoms with van der Waals surface area (Å²) in [5, 5.41) is 13.1. The largest absolute Gasteiger partial charge is 0.397 e. The van der Waals surface area contributed by atoms with Gasteiger partial charge < -0.3 is 16.6 Å². The van der Waals surface area contributed by atoms with Gasteiger partial charge in [0.2, 0.25) is 0 Å². The fourth-order valence-corrected chi connectivity index (χ4v) is 5.95. The molecule has 0 amide bonds. The Morgan fingerprint density at radius 3 is 1.70 bits per heavy atom. The van der Waals surface area contributed by atoms with Gasteiger partial charge in [-0.3, -0.25) is 0 Å². The maximum atomic E-state index is 13.1. The number of hydrogen-bond acceptors (Lipinski definition) is 3. The molecule has 1 atom stereocenters. The third kappa shape index (κ3) is 5.13. The normalized spacial score (nSPS) is 12.7. The quantitative estimate of drug-likeness (QED) is 0.138. The van der Waals surface area contributed by atoms with Crippen molar-refractivity contribution in [1.29, 1.82) is 0 Å². The molecule has 0 aliphatic carbocycles. The van der Waals surface area contributed by atoms with Gasteiger partial charge in [0.15, 0.2) is 0 Å². The molecule has 5 rings (SSSR count). The topological polar surface area (TPSA) is 72.3 Å². The number of aryl methyl sites for hydroxylation is 1. The first-order valence-electron chi connectivity index (χ1n) is 14.1. The van der Waals surface area contributed by atoms with Gasteiger partial charge in [0.05, 0.1) is 11.4 Å². The van der Waals surface area contributed by atoms with E-state index >= 15 is 0 Å². The first kappa shape index (κ1) is 27.2.